The summed E-state index contributed by atoms with van der Waals surface area (Å²) in [5.41, 5.74) is 1.86. The van der Waals surface area contributed by atoms with Gasteiger partial charge in [0.25, 0.3) is 5.91 Å². The molecule has 1 unspecified atom stereocenters. The Morgan fingerprint density at radius 3 is 2.76 bits per heavy atom. The van der Waals surface area contributed by atoms with Crippen molar-refractivity contribution in [2.45, 2.75) is 42.7 Å². The first-order chi connectivity index (χ1) is 12.2. The molecular formula is C20H25N3OS. The van der Waals surface area contributed by atoms with Crippen LogP contribution in [0.3, 0.4) is 0 Å². The number of aryl methyl sites for hydroxylation is 1. The van der Waals surface area contributed by atoms with E-state index in [1.807, 2.05) is 12.1 Å². The molecule has 1 aliphatic rings. The third-order valence-corrected chi connectivity index (χ3v) is 5.60. The monoisotopic (exact) mass is 355 g/mol. The van der Waals surface area contributed by atoms with Gasteiger partial charge in [-0.3, -0.25) is 9.69 Å². The third-order valence-electron chi connectivity index (χ3n) is 4.65. The van der Waals surface area contributed by atoms with Crippen LogP contribution < -0.4 is 5.32 Å². The number of pyridine rings is 1. The highest BCUT2D eigenvalue weighted by Crippen LogP contribution is 2.26. The summed E-state index contributed by atoms with van der Waals surface area (Å²) in [5.74, 6) is -0.0395. The number of likely N-dealkylation sites (N-methyl/N-ethyl adjacent to an activating group) is 1. The highest BCUT2D eigenvalue weighted by Gasteiger charge is 2.23. The Morgan fingerprint density at radius 2 is 2.08 bits per heavy atom. The second-order valence-corrected chi connectivity index (χ2v) is 7.53. The summed E-state index contributed by atoms with van der Waals surface area (Å²) in [5, 5.41) is 3.95. The van der Waals surface area contributed by atoms with Crippen LogP contribution in [0.2, 0.25) is 0 Å². The normalized spacial score (nSPS) is 17.6. The van der Waals surface area contributed by atoms with E-state index in [1.165, 1.54) is 18.4 Å². The third kappa shape index (κ3) is 4.83. The van der Waals surface area contributed by atoms with Crippen molar-refractivity contribution in [2.24, 2.45) is 0 Å². The van der Waals surface area contributed by atoms with Crippen LogP contribution in [0.15, 0.2) is 52.5 Å². The van der Waals surface area contributed by atoms with Gasteiger partial charge in [-0.05, 0) is 57.1 Å². The van der Waals surface area contributed by atoms with Crippen molar-refractivity contribution in [3.8, 4) is 0 Å². The van der Waals surface area contributed by atoms with Crippen LogP contribution in [-0.4, -0.2) is 41.5 Å². The number of carbonyl (C=O) groups is 1. The first-order valence-corrected chi connectivity index (χ1v) is 9.70. The van der Waals surface area contributed by atoms with Crippen molar-refractivity contribution in [1.29, 1.82) is 0 Å². The molecule has 1 aromatic heterocycles. The number of benzene rings is 1. The summed E-state index contributed by atoms with van der Waals surface area (Å²) in [6.07, 6.45) is 4.05. The fourth-order valence-electron chi connectivity index (χ4n) is 3.16. The zero-order valence-corrected chi connectivity index (χ0v) is 15.7. The number of rotatable bonds is 6. The van der Waals surface area contributed by atoms with Crippen molar-refractivity contribution >= 4 is 17.7 Å². The Balaban J connectivity index is 1.54. The smallest absolute Gasteiger partial charge is 0.252 e. The van der Waals surface area contributed by atoms with E-state index in [9.17, 15) is 4.79 Å². The summed E-state index contributed by atoms with van der Waals surface area (Å²) >= 11 is 1.60. The van der Waals surface area contributed by atoms with E-state index in [1.54, 1.807) is 18.0 Å². The summed E-state index contributed by atoms with van der Waals surface area (Å²) in [6.45, 7) is 7.16. The van der Waals surface area contributed by atoms with E-state index >= 15 is 0 Å². The van der Waals surface area contributed by atoms with Crippen LogP contribution in [0.25, 0.3) is 0 Å². The molecular weight excluding hydrogens is 330 g/mol. The molecule has 0 bridgehead atoms. The Morgan fingerprint density at radius 1 is 1.28 bits per heavy atom. The Bertz CT molecular complexity index is 700. The molecule has 5 heteroatoms. The van der Waals surface area contributed by atoms with Crippen LogP contribution >= 0.6 is 11.8 Å². The number of amides is 1. The number of hydrogen-bond donors (Lipinski definition) is 1. The molecule has 1 aromatic carbocycles. The molecule has 1 amide bonds. The van der Waals surface area contributed by atoms with Crippen LogP contribution in [0.5, 0.6) is 0 Å². The van der Waals surface area contributed by atoms with Crippen LogP contribution in [0, 0.1) is 6.92 Å². The Labute approximate surface area is 154 Å². The zero-order chi connectivity index (χ0) is 17.6. The predicted octanol–water partition coefficient (Wildman–Crippen LogP) is 3.76. The summed E-state index contributed by atoms with van der Waals surface area (Å²) in [7, 11) is 0. The second kappa shape index (κ2) is 8.50. The van der Waals surface area contributed by atoms with Gasteiger partial charge in [0.2, 0.25) is 0 Å². The van der Waals surface area contributed by atoms with E-state index < -0.39 is 0 Å². The SMILES string of the molecule is CCN1CCCC1CNC(=O)c1ccc(Sc2ccc(C)cc2)nc1. The maximum Gasteiger partial charge on any atom is 0.252 e. The number of nitrogens with zero attached hydrogens (tertiary/aromatic N) is 2. The average Bonchev–Trinajstić information content (AvgIpc) is 3.10. The summed E-state index contributed by atoms with van der Waals surface area (Å²) in [4.78, 5) is 20.3. The molecule has 1 aliphatic heterocycles. The van der Waals surface area contributed by atoms with Gasteiger partial charge in [0, 0.05) is 23.7 Å². The lowest BCUT2D eigenvalue weighted by molar-refractivity contribution is 0.0941. The van der Waals surface area contributed by atoms with Crippen molar-refractivity contribution in [1.82, 2.24) is 15.2 Å². The highest BCUT2D eigenvalue weighted by molar-refractivity contribution is 7.99. The number of hydrogen-bond acceptors (Lipinski definition) is 4. The topological polar surface area (TPSA) is 45.2 Å². The molecule has 2 aromatic rings. The predicted molar refractivity (Wildman–Crippen MR) is 102 cm³/mol. The van der Waals surface area contributed by atoms with Gasteiger partial charge < -0.3 is 5.32 Å². The van der Waals surface area contributed by atoms with E-state index in [0.717, 1.165) is 23.0 Å². The molecule has 2 heterocycles. The maximum absolute atomic E-state index is 12.3. The van der Waals surface area contributed by atoms with Crippen molar-refractivity contribution in [3.05, 3.63) is 53.7 Å². The Hall–Kier alpha value is -1.85. The van der Waals surface area contributed by atoms with Gasteiger partial charge in [-0.1, -0.05) is 36.4 Å². The average molecular weight is 356 g/mol. The maximum atomic E-state index is 12.3. The minimum atomic E-state index is -0.0395. The second-order valence-electron chi connectivity index (χ2n) is 6.43. The van der Waals surface area contributed by atoms with Gasteiger partial charge in [-0.25, -0.2) is 4.98 Å². The molecule has 1 N–H and O–H groups in total. The zero-order valence-electron chi connectivity index (χ0n) is 14.9. The number of carbonyl (C=O) groups excluding carboxylic acids is 1. The summed E-state index contributed by atoms with van der Waals surface area (Å²) in [6, 6.07) is 12.6. The van der Waals surface area contributed by atoms with Crippen molar-refractivity contribution in [3.63, 3.8) is 0 Å². The van der Waals surface area contributed by atoms with E-state index in [2.05, 4.69) is 53.3 Å². The van der Waals surface area contributed by atoms with Crippen LogP contribution in [0.4, 0.5) is 0 Å². The molecule has 1 saturated heterocycles. The molecule has 4 nitrogen and oxygen atoms in total. The van der Waals surface area contributed by atoms with Crippen LogP contribution in [0.1, 0.15) is 35.7 Å². The lowest BCUT2D eigenvalue weighted by Gasteiger charge is -2.22. The minimum absolute atomic E-state index is 0.0395. The standard InChI is InChI=1S/C20H25N3OS/c1-3-23-12-4-5-17(23)14-22-20(24)16-8-11-19(21-13-16)25-18-9-6-15(2)7-10-18/h6-11,13,17H,3-5,12,14H2,1-2H3,(H,22,24). The highest BCUT2D eigenvalue weighted by atomic mass is 32.2. The van der Waals surface area contributed by atoms with Gasteiger partial charge in [-0.15, -0.1) is 0 Å². The lowest BCUT2D eigenvalue weighted by atomic mass is 10.2. The van der Waals surface area contributed by atoms with Gasteiger partial charge in [-0.2, -0.15) is 0 Å². The minimum Gasteiger partial charge on any atom is -0.350 e. The summed E-state index contributed by atoms with van der Waals surface area (Å²) < 4.78 is 0. The molecule has 0 radical (unpaired) electrons. The number of aromatic nitrogens is 1. The van der Waals surface area contributed by atoms with E-state index in [0.29, 0.717) is 18.2 Å². The quantitative estimate of drug-likeness (QED) is 0.857. The number of likely N-dealkylation sites (tertiary alicyclic amines) is 1. The van der Waals surface area contributed by atoms with Gasteiger partial charge in [0.05, 0.1) is 5.56 Å². The lowest BCUT2D eigenvalue weighted by Crippen LogP contribution is -2.40. The molecule has 1 fully saturated rings. The van der Waals surface area contributed by atoms with Crippen molar-refractivity contribution in [2.75, 3.05) is 19.6 Å². The first kappa shape index (κ1) is 18.0. The fraction of sp³-hybridized carbons (Fsp3) is 0.400. The Kier molecular flexibility index (Phi) is 6.10. The molecule has 25 heavy (non-hydrogen) atoms. The van der Waals surface area contributed by atoms with E-state index in [-0.39, 0.29) is 5.91 Å². The molecule has 0 aliphatic carbocycles. The van der Waals surface area contributed by atoms with E-state index in [4.69, 9.17) is 0 Å². The van der Waals surface area contributed by atoms with Crippen molar-refractivity contribution < 1.29 is 4.79 Å². The fourth-order valence-corrected chi connectivity index (χ4v) is 3.91. The largest absolute Gasteiger partial charge is 0.350 e. The first-order valence-electron chi connectivity index (χ1n) is 8.88. The number of nitrogens with one attached hydrogen (secondary N) is 1. The van der Waals surface area contributed by atoms with Gasteiger partial charge in [0.1, 0.15) is 5.03 Å². The van der Waals surface area contributed by atoms with Crippen LogP contribution in [-0.2, 0) is 0 Å². The van der Waals surface area contributed by atoms with Gasteiger partial charge in [0.15, 0.2) is 0 Å². The molecule has 1 atom stereocenters. The molecule has 0 saturated carbocycles. The van der Waals surface area contributed by atoms with Gasteiger partial charge >= 0.3 is 0 Å². The molecule has 0 spiro atoms. The molecule has 132 valence electrons. The molecule has 3 rings (SSSR count).